The topological polar surface area (TPSA) is 71.0 Å². The number of para-hydroxylation sites is 2. The molecule has 0 spiro atoms. The zero-order valence-corrected chi connectivity index (χ0v) is 19.0. The molecule has 9 heteroatoms. The summed E-state index contributed by atoms with van der Waals surface area (Å²) in [4.78, 5) is 31.6. The third kappa shape index (κ3) is 5.43. The monoisotopic (exact) mass is 481 g/mol. The second-order valence-electron chi connectivity index (χ2n) is 7.46. The van der Waals surface area contributed by atoms with Crippen LogP contribution in [0, 0.1) is 11.6 Å². The SMILES string of the molecule is COc1ccc(CN2C(=O)C(CC(=O)Nc3ccccc3F)SC2=Nc2ccccc2F)cc1. The Hall–Kier alpha value is -3.72. The number of amidine groups is 1. The molecule has 2 amide bonds. The summed E-state index contributed by atoms with van der Waals surface area (Å²) < 4.78 is 33.3. The predicted octanol–water partition coefficient (Wildman–Crippen LogP) is 5.13. The van der Waals surface area contributed by atoms with Crippen LogP contribution >= 0.6 is 11.8 Å². The lowest BCUT2D eigenvalue weighted by Gasteiger charge is -2.17. The Morgan fingerprint density at radius 1 is 1.03 bits per heavy atom. The van der Waals surface area contributed by atoms with Gasteiger partial charge in [-0.2, -0.15) is 0 Å². The van der Waals surface area contributed by atoms with Gasteiger partial charge in [0.2, 0.25) is 11.8 Å². The minimum atomic E-state index is -0.782. The van der Waals surface area contributed by atoms with Crippen molar-refractivity contribution in [1.82, 2.24) is 4.90 Å². The fraction of sp³-hybridized carbons (Fsp3) is 0.160. The van der Waals surface area contributed by atoms with Crippen LogP contribution in [0.15, 0.2) is 77.8 Å². The number of thioether (sulfide) groups is 1. The Morgan fingerprint density at radius 2 is 1.71 bits per heavy atom. The average molecular weight is 482 g/mol. The molecule has 1 N–H and O–H groups in total. The molecule has 174 valence electrons. The first-order chi connectivity index (χ1) is 16.4. The van der Waals surface area contributed by atoms with E-state index >= 15 is 0 Å². The number of nitrogens with one attached hydrogen (secondary N) is 1. The third-order valence-corrected chi connectivity index (χ3v) is 6.28. The molecule has 34 heavy (non-hydrogen) atoms. The number of amides is 2. The molecule has 0 aliphatic carbocycles. The van der Waals surface area contributed by atoms with Crippen LogP contribution in [0.5, 0.6) is 5.75 Å². The maximum Gasteiger partial charge on any atom is 0.242 e. The first kappa shape index (κ1) is 23.4. The lowest BCUT2D eigenvalue weighted by atomic mass is 10.2. The van der Waals surface area contributed by atoms with E-state index in [-0.39, 0.29) is 35.4 Å². The van der Waals surface area contributed by atoms with Gasteiger partial charge in [-0.3, -0.25) is 14.5 Å². The summed E-state index contributed by atoms with van der Waals surface area (Å²) in [6.45, 7) is 0.189. The first-order valence-corrected chi connectivity index (χ1v) is 11.3. The largest absolute Gasteiger partial charge is 0.497 e. The van der Waals surface area contributed by atoms with Crippen LogP contribution in [0.1, 0.15) is 12.0 Å². The molecule has 0 aromatic heterocycles. The van der Waals surface area contributed by atoms with E-state index in [9.17, 15) is 18.4 Å². The number of benzene rings is 3. The van der Waals surface area contributed by atoms with E-state index in [4.69, 9.17) is 4.74 Å². The summed E-state index contributed by atoms with van der Waals surface area (Å²) >= 11 is 1.08. The maximum absolute atomic E-state index is 14.2. The van der Waals surface area contributed by atoms with Crippen molar-refractivity contribution in [3.8, 4) is 5.75 Å². The second-order valence-corrected chi connectivity index (χ2v) is 8.63. The summed E-state index contributed by atoms with van der Waals surface area (Å²) in [6.07, 6.45) is -0.187. The number of carbonyl (C=O) groups is 2. The molecular formula is C25H21F2N3O3S. The van der Waals surface area contributed by atoms with Crippen molar-refractivity contribution in [3.63, 3.8) is 0 Å². The van der Waals surface area contributed by atoms with E-state index in [0.717, 1.165) is 17.3 Å². The average Bonchev–Trinajstić information content (AvgIpc) is 3.11. The maximum atomic E-state index is 14.2. The molecule has 1 atom stereocenters. The highest BCUT2D eigenvalue weighted by molar-refractivity contribution is 8.15. The van der Waals surface area contributed by atoms with Crippen LogP contribution < -0.4 is 10.1 Å². The Labute approximate surface area is 199 Å². The van der Waals surface area contributed by atoms with Crippen molar-refractivity contribution in [2.45, 2.75) is 18.2 Å². The van der Waals surface area contributed by atoms with Gasteiger partial charge in [0.1, 0.15) is 28.3 Å². The van der Waals surface area contributed by atoms with Gasteiger partial charge in [0.15, 0.2) is 5.17 Å². The Bertz CT molecular complexity index is 1230. The molecule has 1 unspecified atom stereocenters. The van der Waals surface area contributed by atoms with Gasteiger partial charge in [0.25, 0.3) is 0 Å². The van der Waals surface area contributed by atoms with Crippen LogP contribution in [-0.4, -0.2) is 34.2 Å². The molecule has 1 aliphatic rings. The number of aliphatic imine (C=N–C) groups is 1. The Morgan fingerprint density at radius 3 is 2.38 bits per heavy atom. The summed E-state index contributed by atoms with van der Waals surface area (Å²) in [7, 11) is 1.56. The molecule has 6 nitrogen and oxygen atoms in total. The molecule has 1 heterocycles. The summed E-state index contributed by atoms with van der Waals surface area (Å²) in [5.41, 5.74) is 0.944. The van der Waals surface area contributed by atoms with E-state index in [1.807, 2.05) is 12.1 Å². The number of ether oxygens (including phenoxy) is 1. The number of nitrogens with zero attached hydrogens (tertiary/aromatic N) is 2. The standard InChI is InChI=1S/C25H21F2N3O3S/c1-33-17-12-10-16(11-13-17)15-30-24(32)22(14-23(31)28-20-8-4-2-6-18(20)26)34-25(30)29-21-9-5-3-7-19(21)27/h2-13,22H,14-15H2,1H3,(H,28,31). The summed E-state index contributed by atoms with van der Waals surface area (Å²) in [5.74, 6) is -1.25. The van der Waals surface area contributed by atoms with Crippen LogP contribution in [0.25, 0.3) is 0 Å². The van der Waals surface area contributed by atoms with Gasteiger partial charge in [-0.25, -0.2) is 13.8 Å². The minimum absolute atomic E-state index is 0.0401. The molecular weight excluding hydrogens is 460 g/mol. The van der Waals surface area contributed by atoms with Gasteiger partial charge in [-0.1, -0.05) is 48.2 Å². The zero-order valence-electron chi connectivity index (χ0n) is 18.2. The van der Waals surface area contributed by atoms with Crippen molar-refractivity contribution in [1.29, 1.82) is 0 Å². The van der Waals surface area contributed by atoms with Gasteiger partial charge >= 0.3 is 0 Å². The van der Waals surface area contributed by atoms with Gasteiger partial charge in [0, 0.05) is 6.42 Å². The van der Waals surface area contributed by atoms with Gasteiger partial charge in [-0.15, -0.1) is 0 Å². The van der Waals surface area contributed by atoms with Gasteiger partial charge < -0.3 is 10.1 Å². The lowest BCUT2D eigenvalue weighted by Crippen LogP contribution is -2.33. The molecule has 0 bridgehead atoms. The normalized spacial score (nSPS) is 16.7. The minimum Gasteiger partial charge on any atom is -0.497 e. The van der Waals surface area contributed by atoms with Crippen LogP contribution in [0.3, 0.4) is 0 Å². The number of methoxy groups -OCH3 is 1. The van der Waals surface area contributed by atoms with Crippen molar-refractivity contribution in [2.75, 3.05) is 12.4 Å². The van der Waals surface area contributed by atoms with Crippen molar-refractivity contribution < 1.29 is 23.1 Å². The molecule has 0 saturated carbocycles. The van der Waals surface area contributed by atoms with E-state index in [1.165, 1.54) is 35.2 Å². The number of anilines is 1. The third-order valence-electron chi connectivity index (χ3n) is 5.11. The van der Waals surface area contributed by atoms with Gasteiger partial charge in [-0.05, 0) is 42.0 Å². The quantitative estimate of drug-likeness (QED) is 0.508. The number of carbonyl (C=O) groups excluding carboxylic acids is 2. The van der Waals surface area contributed by atoms with Crippen LogP contribution in [0.4, 0.5) is 20.2 Å². The fourth-order valence-electron chi connectivity index (χ4n) is 3.36. The van der Waals surface area contributed by atoms with E-state index in [2.05, 4.69) is 10.3 Å². The van der Waals surface area contributed by atoms with Crippen molar-refractivity contribution in [2.24, 2.45) is 4.99 Å². The summed E-state index contributed by atoms with van der Waals surface area (Å²) in [6, 6.07) is 19.0. The number of hydrogen-bond acceptors (Lipinski definition) is 5. The highest BCUT2D eigenvalue weighted by Crippen LogP contribution is 2.34. The van der Waals surface area contributed by atoms with E-state index < -0.39 is 22.8 Å². The highest BCUT2D eigenvalue weighted by atomic mass is 32.2. The molecule has 1 saturated heterocycles. The van der Waals surface area contributed by atoms with E-state index in [1.54, 1.807) is 37.4 Å². The summed E-state index contributed by atoms with van der Waals surface area (Å²) in [5, 5.41) is 2.00. The number of halogens is 2. The lowest BCUT2D eigenvalue weighted by molar-refractivity contribution is -0.128. The smallest absolute Gasteiger partial charge is 0.242 e. The van der Waals surface area contributed by atoms with E-state index in [0.29, 0.717) is 5.75 Å². The van der Waals surface area contributed by atoms with Crippen molar-refractivity contribution >= 4 is 40.1 Å². The highest BCUT2D eigenvalue weighted by Gasteiger charge is 2.39. The second kappa shape index (κ2) is 10.5. The fourth-order valence-corrected chi connectivity index (χ4v) is 4.51. The molecule has 3 aromatic rings. The van der Waals surface area contributed by atoms with Gasteiger partial charge in [0.05, 0.1) is 19.3 Å². The molecule has 1 aliphatic heterocycles. The van der Waals surface area contributed by atoms with Crippen molar-refractivity contribution in [3.05, 3.63) is 90.0 Å². The molecule has 1 fully saturated rings. The predicted molar refractivity (Wildman–Crippen MR) is 128 cm³/mol. The zero-order chi connectivity index (χ0) is 24.1. The molecule has 3 aromatic carbocycles. The Balaban J connectivity index is 1.56. The number of hydrogen-bond donors (Lipinski definition) is 1. The molecule has 4 rings (SSSR count). The van der Waals surface area contributed by atoms with Crippen LogP contribution in [-0.2, 0) is 16.1 Å². The Kier molecular flexibility index (Phi) is 7.22. The molecule has 0 radical (unpaired) electrons. The number of rotatable bonds is 7. The van der Waals surface area contributed by atoms with Crippen LogP contribution in [0.2, 0.25) is 0 Å². The first-order valence-electron chi connectivity index (χ1n) is 10.4.